The van der Waals surface area contributed by atoms with Crippen LogP contribution in [0, 0.1) is 6.92 Å². The molecule has 1 heterocycles. The van der Waals surface area contributed by atoms with Crippen molar-refractivity contribution >= 4 is 21.4 Å². The van der Waals surface area contributed by atoms with Crippen LogP contribution in [0.1, 0.15) is 23.5 Å². The third-order valence-electron chi connectivity index (χ3n) is 1.98. The smallest absolute Gasteiger partial charge is 0.211 e. The van der Waals surface area contributed by atoms with Gasteiger partial charge in [0.1, 0.15) is 5.01 Å². The molecule has 92 valence electrons. The van der Waals surface area contributed by atoms with Crippen LogP contribution in [0.25, 0.3) is 0 Å². The van der Waals surface area contributed by atoms with E-state index in [0.29, 0.717) is 13.0 Å². The molecule has 0 fully saturated rings. The monoisotopic (exact) mass is 263 g/mol. The van der Waals surface area contributed by atoms with Crippen molar-refractivity contribution in [2.75, 3.05) is 12.3 Å². The Morgan fingerprint density at radius 2 is 2.25 bits per heavy atom. The molecule has 3 N–H and O–H groups in total. The van der Waals surface area contributed by atoms with Crippen molar-refractivity contribution in [3.63, 3.8) is 0 Å². The number of rotatable bonds is 7. The van der Waals surface area contributed by atoms with E-state index in [0.717, 1.165) is 17.1 Å². The summed E-state index contributed by atoms with van der Waals surface area (Å²) in [7, 11) is -3.18. The van der Waals surface area contributed by atoms with Gasteiger partial charge < -0.3 is 5.73 Å². The van der Waals surface area contributed by atoms with E-state index in [2.05, 4.69) is 9.71 Å². The van der Waals surface area contributed by atoms with E-state index in [1.807, 2.05) is 12.3 Å². The third kappa shape index (κ3) is 5.02. The van der Waals surface area contributed by atoms with Gasteiger partial charge in [0.25, 0.3) is 0 Å². The highest BCUT2D eigenvalue weighted by Crippen LogP contribution is 2.08. The van der Waals surface area contributed by atoms with Gasteiger partial charge in [-0.05, 0) is 26.3 Å². The number of aryl methyl sites for hydroxylation is 1. The quantitative estimate of drug-likeness (QED) is 0.706. The van der Waals surface area contributed by atoms with Crippen molar-refractivity contribution in [1.82, 2.24) is 9.71 Å². The highest BCUT2D eigenvalue weighted by Gasteiger charge is 2.10. The summed E-state index contributed by atoms with van der Waals surface area (Å²) >= 11 is 1.46. The number of nitrogens with zero attached hydrogens (tertiary/aromatic N) is 1. The molecular weight excluding hydrogens is 246 g/mol. The van der Waals surface area contributed by atoms with Gasteiger partial charge in [0.05, 0.1) is 12.3 Å². The number of nitrogens with one attached hydrogen (secondary N) is 1. The summed E-state index contributed by atoms with van der Waals surface area (Å²) in [5, 5.41) is 2.69. The minimum absolute atomic E-state index is 0.133. The molecule has 1 aromatic heterocycles. The number of sulfonamides is 1. The van der Waals surface area contributed by atoms with Crippen LogP contribution in [0.3, 0.4) is 0 Å². The molecule has 1 rings (SSSR count). The van der Waals surface area contributed by atoms with Crippen molar-refractivity contribution in [3.8, 4) is 0 Å². The predicted octanol–water partition coefficient (Wildman–Crippen LogP) is 0.610. The highest BCUT2D eigenvalue weighted by molar-refractivity contribution is 7.89. The van der Waals surface area contributed by atoms with Crippen molar-refractivity contribution in [2.24, 2.45) is 5.73 Å². The Morgan fingerprint density at radius 1 is 1.50 bits per heavy atom. The van der Waals surface area contributed by atoms with E-state index >= 15 is 0 Å². The van der Waals surface area contributed by atoms with E-state index in [1.165, 1.54) is 11.3 Å². The lowest BCUT2D eigenvalue weighted by Crippen LogP contribution is -2.26. The topological polar surface area (TPSA) is 85.1 Å². The summed E-state index contributed by atoms with van der Waals surface area (Å²) in [5.74, 6) is 0.133. The number of unbranched alkanes of at least 4 members (excludes halogenated alkanes) is 1. The average molecular weight is 263 g/mol. The molecule has 5 nitrogen and oxygen atoms in total. The first kappa shape index (κ1) is 13.6. The van der Waals surface area contributed by atoms with E-state index in [9.17, 15) is 8.42 Å². The molecular formula is C9H17N3O2S2. The Morgan fingerprint density at radius 3 is 2.81 bits per heavy atom. The summed E-state index contributed by atoms with van der Waals surface area (Å²) in [4.78, 5) is 4.18. The van der Waals surface area contributed by atoms with Crippen LogP contribution in [0.15, 0.2) is 5.38 Å². The van der Waals surface area contributed by atoms with E-state index in [4.69, 9.17) is 5.73 Å². The van der Waals surface area contributed by atoms with Gasteiger partial charge in [-0.1, -0.05) is 0 Å². The molecule has 0 bridgehead atoms. The number of thiazole rings is 1. The number of nitrogens with two attached hydrogens (primary N) is 1. The molecule has 7 heteroatoms. The molecule has 0 aliphatic heterocycles. The molecule has 0 unspecified atom stereocenters. The molecule has 0 aliphatic carbocycles. The summed E-state index contributed by atoms with van der Waals surface area (Å²) in [5.41, 5.74) is 6.22. The minimum Gasteiger partial charge on any atom is -0.330 e. The van der Waals surface area contributed by atoms with Crippen LogP contribution >= 0.6 is 11.3 Å². The number of hydrogen-bond donors (Lipinski definition) is 2. The van der Waals surface area contributed by atoms with Crippen LogP contribution in [0.2, 0.25) is 0 Å². The molecule has 1 aromatic rings. The molecule has 0 saturated heterocycles. The molecule has 0 saturated carbocycles. The zero-order valence-electron chi connectivity index (χ0n) is 9.27. The summed E-state index contributed by atoms with van der Waals surface area (Å²) in [6, 6.07) is 0. The fraction of sp³-hybridized carbons (Fsp3) is 0.667. The van der Waals surface area contributed by atoms with Crippen LogP contribution in [0.4, 0.5) is 0 Å². The lowest BCUT2D eigenvalue weighted by molar-refractivity contribution is 0.577. The summed E-state index contributed by atoms with van der Waals surface area (Å²) < 4.78 is 25.5. The van der Waals surface area contributed by atoms with Gasteiger partial charge in [0, 0.05) is 11.1 Å². The maximum absolute atomic E-state index is 11.5. The summed E-state index contributed by atoms with van der Waals surface area (Å²) in [6.07, 6.45) is 1.33. The lowest BCUT2D eigenvalue weighted by atomic mass is 10.3. The fourth-order valence-electron chi connectivity index (χ4n) is 1.16. The van der Waals surface area contributed by atoms with Crippen molar-refractivity contribution in [1.29, 1.82) is 0 Å². The maximum Gasteiger partial charge on any atom is 0.211 e. The van der Waals surface area contributed by atoms with Crippen LogP contribution in [-0.4, -0.2) is 25.7 Å². The van der Waals surface area contributed by atoms with E-state index < -0.39 is 10.0 Å². The second-order valence-electron chi connectivity index (χ2n) is 3.52. The minimum atomic E-state index is -3.18. The largest absolute Gasteiger partial charge is 0.330 e. The molecule has 0 aromatic carbocycles. The number of hydrogen-bond acceptors (Lipinski definition) is 5. The van der Waals surface area contributed by atoms with Crippen LogP contribution < -0.4 is 10.5 Å². The zero-order chi connectivity index (χ0) is 12.0. The molecule has 0 radical (unpaired) electrons. The molecule has 0 aliphatic rings. The first-order valence-electron chi connectivity index (χ1n) is 5.12. The van der Waals surface area contributed by atoms with Gasteiger partial charge in [-0.2, -0.15) is 0 Å². The van der Waals surface area contributed by atoms with Gasteiger partial charge in [-0.15, -0.1) is 11.3 Å². The molecule has 16 heavy (non-hydrogen) atoms. The predicted molar refractivity (Wildman–Crippen MR) is 65.8 cm³/mol. The zero-order valence-corrected chi connectivity index (χ0v) is 10.9. The van der Waals surface area contributed by atoms with Gasteiger partial charge in [-0.3, -0.25) is 0 Å². The van der Waals surface area contributed by atoms with Crippen molar-refractivity contribution in [3.05, 3.63) is 16.1 Å². The maximum atomic E-state index is 11.5. The Kier molecular flexibility index (Phi) is 5.33. The van der Waals surface area contributed by atoms with Gasteiger partial charge in [0.15, 0.2) is 0 Å². The first-order chi connectivity index (χ1) is 7.53. The SMILES string of the molecule is Cc1csc(CNS(=O)(=O)CCCCN)n1. The molecule has 0 amide bonds. The van der Waals surface area contributed by atoms with E-state index in [1.54, 1.807) is 0 Å². The van der Waals surface area contributed by atoms with E-state index in [-0.39, 0.29) is 12.3 Å². The van der Waals surface area contributed by atoms with Crippen molar-refractivity contribution in [2.45, 2.75) is 26.3 Å². The molecule has 0 spiro atoms. The second kappa shape index (κ2) is 6.29. The van der Waals surface area contributed by atoms with Crippen LogP contribution in [0.5, 0.6) is 0 Å². The second-order valence-corrected chi connectivity index (χ2v) is 6.39. The lowest BCUT2D eigenvalue weighted by Gasteiger charge is -2.04. The van der Waals surface area contributed by atoms with Gasteiger partial charge in [0.2, 0.25) is 10.0 Å². The fourth-order valence-corrected chi connectivity index (χ4v) is 3.05. The van der Waals surface area contributed by atoms with Gasteiger partial charge in [-0.25, -0.2) is 18.1 Å². The Hall–Kier alpha value is -0.500. The van der Waals surface area contributed by atoms with Crippen molar-refractivity contribution < 1.29 is 8.42 Å². The Balaban J connectivity index is 2.36. The summed E-state index contributed by atoms with van der Waals surface area (Å²) in [6.45, 7) is 2.69. The third-order valence-corrected chi connectivity index (χ3v) is 4.35. The molecule has 0 atom stereocenters. The Bertz CT molecular complexity index is 414. The number of aromatic nitrogens is 1. The van der Waals surface area contributed by atoms with Gasteiger partial charge >= 0.3 is 0 Å². The Labute approximate surface area is 100 Å². The standard InChI is InChI=1S/C9H17N3O2S2/c1-8-7-15-9(12-8)6-11-16(13,14)5-3-2-4-10/h7,11H,2-6,10H2,1H3. The van der Waals surface area contributed by atoms with Crippen LogP contribution in [-0.2, 0) is 16.6 Å². The highest BCUT2D eigenvalue weighted by atomic mass is 32.2. The normalized spacial score (nSPS) is 11.9. The average Bonchev–Trinajstić information content (AvgIpc) is 2.62. The first-order valence-corrected chi connectivity index (χ1v) is 7.65.